The fourth-order valence-corrected chi connectivity index (χ4v) is 2.11. The van der Waals surface area contributed by atoms with Gasteiger partial charge < -0.3 is 10.1 Å². The van der Waals surface area contributed by atoms with Gasteiger partial charge in [0, 0.05) is 5.92 Å². The van der Waals surface area contributed by atoms with Crippen LogP contribution in [0.1, 0.15) is 12.0 Å². The molecule has 1 aromatic carbocycles. The van der Waals surface area contributed by atoms with Crippen molar-refractivity contribution in [3.63, 3.8) is 0 Å². The van der Waals surface area contributed by atoms with Crippen molar-refractivity contribution in [2.24, 2.45) is 5.92 Å². The molecule has 1 aliphatic heterocycles. The summed E-state index contributed by atoms with van der Waals surface area (Å²) in [5, 5.41) is 2.66. The maximum Gasteiger partial charge on any atom is 0.328 e. The molecule has 1 amide bonds. The van der Waals surface area contributed by atoms with Crippen LogP contribution in [0.3, 0.4) is 0 Å². The summed E-state index contributed by atoms with van der Waals surface area (Å²) in [4.78, 5) is 23.0. The molecule has 0 bridgehead atoms. The Bertz CT molecular complexity index is 416. The molecule has 0 aliphatic carbocycles. The third-order valence-electron chi connectivity index (χ3n) is 3.02. The number of methoxy groups -OCH3 is 1. The van der Waals surface area contributed by atoms with Crippen molar-refractivity contribution >= 4 is 11.9 Å². The predicted molar refractivity (Wildman–Crippen MR) is 62.2 cm³/mol. The molecule has 2 rings (SSSR count). The van der Waals surface area contributed by atoms with Gasteiger partial charge in [-0.05, 0) is 18.4 Å². The van der Waals surface area contributed by atoms with Gasteiger partial charge in [0.1, 0.15) is 6.04 Å². The van der Waals surface area contributed by atoms with Crippen molar-refractivity contribution in [2.75, 3.05) is 7.11 Å². The average molecular weight is 233 g/mol. The molecule has 1 heterocycles. The SMILES string of the molecule is COC(=O)[C@@H]1C[C@@H](Cc2ccccc2)C(=O)N1. The van der Waals surface area contributed by atoms with Gasteiger partial charge in [-0.1, -0.05) is 30.3 Å². The van der Waals surface area contributed by atoms with Gasteiger partial charge in [-0.15, -0.1) is 0 Å². The third kappa shape index (κ3) is 2.64. The van der Waals surface area contributed by atoms with Crippen molar-refractivity contribution in [2.45, 2.75) is 18.9 Å². The van der Waals surface area contributed by atoms with Gasteiger partial charge in [0.05, 0.1) is 7.11 Å². The lowest BCUT2D eigenvalue weighted by molar-refractivity contribution is -0.143. The number of benzene rings is 1. The van der Waals surface area contributed by atoms with Gasteiger partial charge >= 0.3 is 5.97 Å². The van der Waals surface area contributed by atoms with Crippen LogP contribution in [0.25, 0.3) is 0 Å². The summed E-state index contributed by atoms with van der Waals surface area (Å²) in [5.41, 5.74) is 1.11. The first kappa shape index (κ1) is 11.6. The highest BCUT2D eigenvalue weighted by molar-refractivity contribution is 5.89. The molecular formula is C13H15NO3. The molecule has 1 N–H and O–H groups in total. The predicted octanol–water partition coefficient (Wildman–Crippen LogP) is 0.907. The minimum absolute atomic E-state index is 0.0655. The molecule has 1 fully saturated rings. The number of esters is 1. The Morgan fingerprint density at radius 1 is 1.41 bits per heavy atom. The van der Waals surface area contributed by atoms with Crippen LogP contribution in [0.4, 0.5) is 0 Å². The van der Waals surface area contributed by atoms with Crippen LogP contribution in [-0.4, -0.2) is 25.0 Å². The van der Waals surface area contributed by atoms with Crippen molar-refractivity contribution in [3.05, 3.63) is 35.9 Å². The highest BCUT2D eigenvalue weighted by Gasteiger charge is 2.36. The first-order valence-electron chi connectivity index (χ1n) is 5.63. The van der Waals surface area contributed by atoms with Gasteiger partial charge in [-0.2, -0.15) is 0 Å². The van der Waals surface area contributed by atoms with Crippen LogP contribution < -0.4 is 5.32 Å². The number of nitrogens with one attached hydrogen (secondary N) is 1. The van der Waals surface area contributed by atoms with Crippen LogP contribution in [-0.2, 0) is 20.7 Å². The number of amides is 1. The van der Waals surface area contributed by atoms with Crippen LogP contribution in [0.15, 0.2) is 30.3 Å². The minimum atomic E-state index is -0.485. The maximum absolute atomic E-state index is 11.7. The fraction of sp³-hybridized carbons (Fsp3) is 0.385. The number of carbonyl (C=O) groups is 2. The van der Waals surface area contributed by atoms with Crippen LogP contribution >= 0.6 is 0 Å². The topological polar surface area (TPSA) is 55.4 Å². The zero-order valence-corrected chi connectivity index (χ0v) is 9.68. The van der Waals surface area contributed by atoms with Crippen LogP contribution in [0.2, 0.25) is 0 Å². The van der Waals surface area contributed by atoms with Gasteiger partial charge in [0.15, 0.2) is 0 Å². The molecule has 90 valence electrons. The molecule has 4 nitrogen and oxygen atoms in total. The third-order valence-corrected chi connectivity index (χ3v) is 3.02. The normalized spacial score (nSPS) is 23.2. The van der Waals surface area contributed by atoms with Crippen molar-refractivity contribution in [3.8, 4) is 0 Å². The Balaban J connectivity index is 1.99. The van der Waals surface area contributed by atoms with E-state index in [1.54, 1.807) is 0 Å². The fourth-order valence-electron chi connectivity index (χ4n) is 2.11. The van der Waals surface area contributed by atoms with Crippen LogP contribution in [0, 0.1) is 5.92 Å². The molecule has 0 aromatic heterocycles. The lowest BCUT2D eigenvalue weighted by atomic mass is 9.96. The van der Waals surface area contributed by atoms with Crippen molar-refractivity contribution in [1.82, 2.24) is 5.32 Å². The number of carbonyl (C=O) groups excluding carboxylic acids is 2. The van der Waals surface area contributed by atoms with Gasteiger partial charge in [0.2, 0.25) is 5.91 Å². The molecule has 4 heteroatoms. The Hall–Kier alpha value is -1.84. The molecule has 0 unspecified atom stereocenters. The summed E-state index contributed by atoms with van der Waals surface area (Å²) in [5.74, 6) is -0.570. The summed E-state index contributed by atoms with van der Waals surface area (Å²) in [6.07, 6.45) is 1.18. The van der Waals surface area contributed by atoms with E-state index >= 15 is 0 Å². The van der Waals surface area contributed by atoms with Gasteiger partial charge in [-0.25, -0.2) is 4.79 Å². The van der Waals surface area contributed by atoms with Crippen molar-refractivity contribution in [1.29, 1.82) is 0 Å². The summed E-state index contributed by atoms with van der Waals surface area (Å²) in [6.45, 7) is 0. The van der Waals surface area contributed by atoms with E-state index in [1.165, 1.54) is 7.11 Å². The lowest BCUT2D eigenvalue weighted by Crippen LogP contribution is -2.34. The first-order chi connectivity index (χ1) is 8.20. The first-order valence-corrected chi connectivity index (χ1v) is 5.63. The van der Waals surface area contributed by atoms with E-state index in [9.17, 15) is 9.59 Å². The smallest absolute Gasteiger partial charge is 0.328 e. The molecular weight excluding hydrogens is 218 g/mol. The van der Waals surface area contributed by atoms with Crippen LogP contribution in [0.5, 0.6) is 0 Å². The minimum Gasteiger partial charge on any atom is -0.467 e. The summed E-state index contributed by atoms with van der Waals surface area (Å²) in [7, 11) is 1.33. The quantitative estimate of drug-likeness (QED) is 0.789. The van der Waals surface area contributed by atoms with E-state index in [4.69, 9.17) is 0 Å². The molecule has 1 aliphatic rings. The molecule has 2 atom stereocenters. The number of hydrogen-bond acceptors (Lipinski definition) is 3. The molecule has 0 spiro atoms. The Labute approximate surface area is 100.0 Å². The second-order valence-electron chi connectivity index (χ2n) is 4.21. The summed E-state index contributed by atoms with van der Waals surface area (Å²) < 4.78 is 4.63. The average Bonchev–Trinajstić information content (AvgIpc) is 2.71. The monoisotopic (exact) mass is 233 g/mol. The van der Waals surface area contributed by atoms with E-state index in [0.29, 0.717) is 12.8 Å². The zero-order valence-electron chi connectivity index (χ0n) is 9.68. The Morgan fingerprint density at radius 2 is 2.12 bits per heavy atom. The van der Waals surface area contributed by atoms with E-state index in [0.717, 1.165) is 5.56 Å². The Kier molecular flexibility index (Phi) is 3.42. The number of ether oxygens (including phenoxy) is 1. The van der Waals surface area contributed by atoms with E-state index in [-0.39, 0.29) is 17.8 Å². The highest BCUT2D eigenvalue weighted by Crippen LogP contribution is 2.20. The molecule has 1 saturated heterocycles. The van der Waals surface area contributed by atoms with Crippen molar-refractivity contribution < 1.29 is 14.3 Å². The van der Waals surface area contributed by atoms with Gasteiger partial charge in [0.25, 0.3) is 0 Å². The van der Waals surface area contributed by atoms with E-state index in [2.05, 4.69) is 10.1 Å². The maximum atomic E-state index is 11.7. The Morgan fingerprint density at radius 3 is 2.76 bits per heavy atom. The molecule has 0 radical (unpaired) electrons. The van der Waals surface area contributed by atoms with E-state index in [1.807, 2.05) is 30.3 Å². The second-order valence-corrected chi connectivity index (χ2v) is 4.21. The molecule has 0 saturated carbocycles. The molecule has 1 aromatic rings. The lowest BCUT2D eigenvalue weighted by Gasteiger charge is -2.07. The van der Waals surface area contributed by atoms with E-state index < -0.39 is 6.04 Å². The number of rotatable bonds is 3. The largest absolute Gasteiger partial charge is 0.467 e. The zero-order chi connectivity index (χ0) is 12.3. The van der Waals surface area contributed by atoms with Gasteiger partial charge in [-0.3, -0.25) is 4.79 Å². The standard InChI is InChI=1S/C13H15NO3/c1-17-13(16)11-8-10(12(15)14-11)7-9-5-3-2-4-6-9/h2-6,10-11H,7-8H2,1H3,(H,14,15)/t10-,11+/m1/s1. The number of hydrogen-bond donors (Lipinski definition) is 1. The second kappa shape index (κ2) is 4.99. The summed E-state index contributed by atoms with van der Waals surface area (Å²) >= 11 is 0. The molecule has 17 heavy (non-hydrogen) atoms. The highest BCUT2D eigenvalue weighted by atomic mass is 16.5. The summed E-state index contributed by atoms with van der Waals surface area (Å²) in [6, 6.07) is 9.31.